The van der Waals surface area contributed by atoms with Crippen LogP contribution in [0.3, 0.4) is 0 Å². The quantitative estimate of drug-likeness (QED) is 0.236. The molecule has 6 rings (SSSR count). The first kappa shape index (κ1) is 31.5. The number of carbonyl (C=O) groups is 3. The molecule has 0 saturated carbocycles. The van der Waals surface area contributed by atoms with Crippen molar-refractivity contribution >= 4 is 17.3 Å². The van der Waals surface area contributed by atoms with E-state index < -0.39 is 102 Å². The Balaban J connectivity index is 1.38. The highest BCUT2D eigenvalue weighted by Gasteiger charge is 2.50. The Hall–Kier alpha value is -3.43. The van der Waals surface area contributed by atoms with Crippen LogP contribution in [0.5, 0.6) is 17.2 Å². The summed E-state index contributed by atoms with van der Waals surface area (Å²) >= 11 is 0. The van der Waals surface area contributed by atoms with Gasteiger partial charge in [-0.3, -0.25) is 14.4 Å². The van der Waals surface area contributed by atoms with Crippen LogP contribution < -0.4 is 10.5 Å². The highest BCUT2D eigenvalue weighted by atomic mass is 16.7. The van der Waals surface area contributed by atoms with Crippen LogP contribution in [0.1, 0.15) is 88.1 Å². The molecule has 0 bridgehead atoms. The maximum absolute atomic E-state index is 13.8. The molecule has 4 aliphatic rings. The largest absolute Gasteiger partial charge is 0.507 e. The highest BCUT2D eigenvalue weighted by Crippen LogP contribution is 2.52. The number of Topliss-reactive ketones (excluding diaryl/α,β-unsaturated/α-hetero) is 1. The van der Waals surface area contributed by atoms with Crippen molar-refractivity contribution < 1.29 is 58.5 Å². The van der Waals surface area contributed by atoms with E-state index in [9.17, 15) is 34.8 Å². The number of fused-ring (bicyclic) bond motifs is 3. The predicted octanol–water partition coefficient (Wildman–Crippen LogP) is 1.55. The minimum atomic E-state index is -2.24. The number of nitrogens with two attached hydrogens (primary N) is 1. The zero-order chi connectivity index (χ0) is 32.2. The summed E-state index contributed by atoms with van der Waals surface area (Å²) in [5.41, 5.74) is 2.98. The van der Waals surface area contributed by atoms with Gasteiger partial charge in [0.05, 0.1) is 36.0 Å². The van der Waals surface area contributed by atoms with E-state index in [4.69, 9.17) is 29.4 Å². The van der Waals surface area contributed by atoms with Crippen LogP contribution in [0.15, 0.2) is 18.2 Å². The zero-order valence-corrected chi connectivity index (χ0v) is 25.0. The topological polar surface area (TPSA) is 204 Å². The van der Waals surface area contributed by atoms with Crippen LogP contribution in [0, 0.1) is 0 Å². The molecule has 13 heteroatoms. The standard InChI is InChI=1S/C32H37NO12/c1-14-31(45-21-8-3-4-9-42-21)17(33)10-22(43-14)44-19-12-32(40,20(35)13-34)11-16-24(19)30(39)26-25(28(16)37)27(36)15-6-5-7-18(41-2)23(15)29(26)38/h5-7,14,17,19,21-22,31,34,37,39-40H,3-4,8-13,33H2,1-2H3/t14-,17-,19+,21-,22+,31-,32+/m0/s1. The minimum Gasteiger partial charge on any atom is -0.507 e. The first-order valence-electron chi connectivity index (χ1n) is 15.1. The van der Waals surface area contributed by atoms with Crippen LogP contribution in [0.4, 0.5) is 0 Å². The van der Waals surface area contributed by atoms with Crippen molar-refractivity contribution in [3.8, 4) is 17.2 Å². The van der Waals surface area contributed by atoms with Crippen LogP contribution in [0.25, 0.3) is 0 Å². The van der Waals surface area contributed by atoms with Gasteiger partial charge in [0.25, 0.3) is 0 Å². The third kappa shape index (κ3) is 5.31. The maximum Gasteiger partial charge on any atom is 0.202 e. The van der Waals surface area contributed by atoms with Crippen molar-refractivity contribution in [1.29, 1.82) is 0 Å². The van der Waals surface area contributed by atoms with Gasteiger partial charge in [-0.1, -0.05) is 12.1 Å². The van der Waals surface area contributed by atoms with Gasteiger partial charge in [-0.25, -0.2) is 0 Å². The second-order valence-corrected chi connectivity index (χ2v) is 12.1. The van der Waals surface area contributed by atoms with Crippen LogP contribution in [-0.4, -0.2) is 94.5 Å². The van der Waals surface area contributed by atoms with E-state index >= 15 is 0 Å². The van der Waals surface area contributed by atoms with Crippen molar-refractivity contribution in [1.82, 2.24) is 0 Å². The Kier molecular flexibility index (Phi) is 8.46. The number of methoxy groups -OCH3 is 1. The normalized spacial score (nSPS) is 31.1. The number of aliphatic hydroxyl groups is 2. The van der Waals surface area contributed by atoms with Crippen LogP contribution >= 0.6 is 0 Å². The summed E-state index contributed by atoms with van der Waals surface area (Å²) in [7, 11) is 1.34. The molecule has 2 aromatic rings. The Morgan fingerprint density at radius 1 is 1.07 bits per heavy atom. The molecule has 45 heavy (non-hydrogen) atoms. The number of rotatable bonds is 7. The van der Waals surface area contributed by atoms with Gasteiger partial charge in [0.15, 0.2) is 24.1 Å². The third-order valence-corrected chi connectivity index (χ3v) is 9.22. The van der Waals surface area contributed by atoms with Gasteiger partial charge >= 0.3 is 0 Å². The number of ketones is 3. The second kappa shape index (κ2) is 12.1. The van der Waals surface area contributed by atoms with Gasteiger partial charge in [-0.15, -0.1) is 0 Å². The van der Waals surface area contributed by atoms with Crippen LogP contribution in [-0.2, 0) is 30.2 Å². The molecule has 13 nitrogen and oxygen atoms in total. The Labute approximate surface area is 258 Å². The molecule has 7 atom stereocenters. The first-order chi connectivity index (χ1) is 21.5. The Morgan fingerprint density at radius 2 is 1.82 bits per heavy atom. The highest BCUT2D eigenvalue weighted by molar-refractivity contribution is 6.31. The number of phenolic OH excluding ortho intramolecular Hbond substituents is 2. The van der Waals surface area contributed by atoms with E-state index in [0.29, 0.717) is 6.61 Å². The molecule has 2 heterocycles. The van der Waals surface area contributed by atoms with Gasteiger partial charge in [0, 0.05) is 48.6 Å². The average molecular weight is 628 g/mol. The summed E-state index contributed by atoms with van der Waals surface area (Å²) in [5, 5.41) is 44.2. The fourth-order valence-electron chi connectivity index (χ4n) is 6.95. The fraction of sp³-hybridized carbons (Fsp3) is 0.531. The van der Waals surface area contributed by atoms with E-state index in [1.165, 1.54) is 25.3 Å². The van der Waals surface area contributed by atoms with Crippen molar-refractivity contribution in [3.63, 3.8) is 0 Å². The smallest absolute Gasteiger partial charge is 0.202 e. The molecule has 0 spiro atoms. The molecule has 2 aliphatic heterocycles. The van der Waals surface area contributed by atoms with Gasteiger partial charge in [0.1, 0.15) is 35.6 Å². The molecule has 0 amide bonds. The summed E-state index contributed by atoms with van der Waals surface area (Å²) in [6, 6.07) is 3.86. The summed E-state index contributed by atoms with van der Waals surface area (Å²) < 4.78 is 29.5. The van der Waals surface area contributed by atoms with Gasteiger partial charge in [-0.2, -0.15) is 0 Å². The monoisotopic (exact) mass is 627 g/mol. The summed E-state index contributed by atoms with van der Waals surface area (Å²) in [5.74, 6) is -3.67. The molecule has 2 aliphatic carbocycles. The van der Waals surface area contributed by atoms with Crippen molar-refractivity contribution in [2.24, 2.45) is 5.73 Å². The lowest BCUT2D eigenvalue weighted by Gasteiger charge is -2.43. The lowest BCUT2D eigenvalue weighted by Crippen LogP contribution is -2.55. The molecule has 0 aromatic heterocycles. The van der Waals surface area contributed by atoms with Crippen molar-refractivity contribution in [2.75, 3.05) is 20.3 Å². The molecular weight excluding hydrogens is 590 g/mol. The maximum atomic E-state index is 13.8. The van der Waals surface area contributed by atoms with E-state index in [1.54, 1.807) is 6.92 Å². The molecular formula is C32H37NO12. The molecule has 242 valence electrons. The minimum absolute atomic E-state index is 0.0409. The van der Waals surface area contributed by atoms with Gasteiger partial charge in [0.2, 0.25) is 5.78 Å². The number of hydrogen-bond acceptors (Lipinski definition) is 13. The number of phenols is 2. The molecule has 2 fully saturated rings. The van der Waals surface area contributed by atoms with E-state index in [0.717, 1.165) is 19.3 Å². The van der Waals surface area contributed by atoms with Crippen molar-refractivity contribution in [3.05, 3.63) is 51.6 Å². The second-order valence-electron chi connectivity index (χ2n) is 12.1. The van der Waals surface area contributed by atoms with E-state index in [2.05, 4.69) is 0 Å². The number of aliphatic hydroxyl groups excluding tert-OH is 1. The Bertz CT molecular complexity index is 1520. The summed E-state index contributed by atoms with van der Waals surface area (Å²) in [6.07, 6.45) is -2.03. The third-order valence-electron chi connectivity index (χ3n) is 9.22. The molecule has 0 unspecified atom stereocenters. The summed E-state index contributed by atoms with van der Waals surface area (Å²) in [4.78, 5) is 40.2. The molecule has 2 saturated heterocycles. The lowest BCUT2D eigenvalue weighted by molar-refractivity contribution is -0.281. The van der Waals surface area contributed by atoms with E-state index in [1.807, 2.05) is 0 Å². The predicted molar refractivity (Wildman–Crippen MR) is 154 cm³/mol. The first-order valence-corrected chi connectivity index (χ1v) is 15.1. The molecule has 2 aromatic carbocycles. The zero-order valence-electron chi connectivity index (χ0n) is 25.0. The lowest BCUT2D eigenvalue weighted by atomic mass is 9.72. The van der Waals surface area contributed by atoms with Crippen molar-refractivity contribution in [2.45, 2.75) is 88.0 Å². The van der Waals surface area contributed by atoms with Gasteiger partial charge in [-0.05, 0) is 32.3 Å². The molecule has 0 radical (unpaired) electrons. The SMILES string of the molecule is COc1cccc2c1C(=O)c1c(O)c3c(c(O)c1C2=O)C[C@](O)(C(=O)CO)C[C@H]3O[C@@H]1C[C@H](N)[C@@H](O[C@H]2CCCCO2)[C@H](C)O1. The Morgan fingerprint density at radius 3 is 2.49 bits per heavy atom. The number of ether oxygens (including phenoxy) is 5. The molecule has 6 N–H and O–H groups in total. The average Bonchev–Trinajstić information content (AvgIpc) is 3.02. The number of benzene rings is 2. The number of hydrogen-bond donors (Lipinski definition) is 5. The number of carbonyl (C=O) groups excluding carboxylic acids is 3. The van der Waals surface area contributed by atoms with E-state index in [-0.39, 0.29) is 34.4 Å². The van der Waals surface area contributed by atoms with Gasteiger partial charge < -0.3 is 49.8 Å². The summed E-state index contributed by atoms with van der Waals surface area (Å²) in [6.45, 7) is 1.35. The number of aromatic hydroxyl groups is 2. The fourth-order valence-corrected chi connectivity index (χ4v) is 6.95. The van der Waals surface area contributed by atoms with Crippen LogP contribution in [0.2, 0.25) is 0 Å².